The van der Waals surface area contributed by atoms with E-state index < -0.39 is 26.6 Å². The summed E-state index contributed by atoms with van der Waals surface area (Å²) >= 11 is 0. The van der Waals surface area contributed by atoms with E-state index in [0.29, 0.717) is 0 Å². The second kappa shape index (κ2) is 3.54. The zero-order valence-corrected chi connectivity index (χ0v) is 10.1. The topological polar surface area (TPSA) is 97.5 Å². The lowest BCUT2D eigenvalue weighted by Gasteiger charge is -2.07. The maximum Gasteiger partial charge on any atom is 0.325 e. The third-order valence-electron chi connectivity index (χ3n) is 3.06. The Hall–Kier alpha value is -1.40. The van der Waals surface area contributed by atoms with Crippen LogP contribution < -0.4 is 5.73 Å². The van der Waals surface area contributed by atoms with Gasteiger partial charge in [0.2, 0.25) is 0 Å². The molecule has 0 amide bonds. The van der Waals surface area contributed by atoms with Crippen LogP contribution in [0.15, 0.2) is 29.2 Å². The lowest BCUT2D eigenvalue weighted by Crippen LogP contribution is -2.38. The van der Waals surface area contributed by atoms with E-state index in [1.807, 2.05) is 6.92 Å². The summed E-state index contributed by atoms with van der Waals surface area (Å²) in [5.74, 6) is -1.27. The van der Waals surface area contributed by atoms with Gasteiger partial charge in [-0.05, 0) is 25.5 Å². The van der Waals surface area contributed by atoms with Crippen molar-refractivity contribution in [3.05, 3.63) is 29.8 Å². The average molecular weight is 255 g/mol. The Kier molecular flexibility index (Phi) is 2.52. The maximum absolute atomic E-state index is 12.1. The molecule has 1 aromatic rings. The van der Waals surface area contributed by atoms with Gasteiger partial charge in [0.1, 0.15) is 5.54 Å². The van der Waals surface area contributed by atoms with E-state index in [1.54, 1.807) is 12.1 Å². The number of aryl methyl sites for hydroxylation is 1. The number of carboxylic acid groups (broad SMARTS) is 1. The third kappa shape index (κ3) is 1.83. The monoisotopic (exact) mass is 255 g/mol. The van der Waals surface area contributed by atoms with E-state index in [2.05, 4.69) is 0 Å². The van der Waals surface area contributed by atoms with Crippen LogP contribution in [0.25, 0.3) is 0 Å². The number of hydrogen-bond donors (Lipinski definition) is 2. The third-order valence-corrected chi connectivity index (χ3v) is 5.33. The molecule has 92 valence electrons. The van der Waals surface area contributed by atoms with Crippen molar-refractivity contribution in [2.75, 3.05) is 0 Å². The molecule has 1 fully saturated rings. The van der Waals surface area contributed by atoms with Crippen LogP contribution in [0.3, 0.4) is 0 Å². The Balaban J connectivity index is 2.34. The second-order valence-corrected chi connectivity index (χ2v) is 6.53. The minimum absolute atomic E-state index is 0.0292. The first kappa shape index (κ1) is 12.1. The standard InChI is InChI=1S/C11H13NO4S/c1-7-2-4-8(5-3-7)17(15,16)9-6-11(9,12)10(13)14/h2-5,9H,6,12H2,1H3,(H,13,14)/t9-,11-/m1/s1. The lowest BCUT2D eigenvalue weighted by atomic mass is 10.2. The fraction of sp³-hybridized carbons (Fsp3) is 0.364. The quantitative estimate of drug-likeness (QED) is 0.810. The highest BCUT2D eigenvalue weighted by molar-refractivity contribution is 7.92. The smallest absolute Gasteiger partial charge is 0.325 e. The Bertz CT molecular complexity index is 564. The van der Waals surface area contributed by atoms with Crippen molar-refractivity contribution in [1.82, 2.24) is 0 Å². The number of nitrogens with two attached hydrogens (primary N) is 1. The molecule has 6 heteroatoms. The fourth-order valence-corrected chi connectivity index (χ4v) is 3.75. The van der Waals surface area contributed by atoms with E-state index in [-0.39, 0.29) is 11.3 Å². The number of rotatable bonds is 3. The van der Waals surface area contributed by atoms with E-state index >= 15 is 0 Å². The molecule has 0 spiro atoms. The second-order valence-electron chi connectivity index (χ2n) is 4.40. The van der Waals surface area contributed by atoms with Crippen LogP contribution in [0.1, 0.15) is 12.0 Å². The molecule has 0 saturated heterocycles. The van der Waals surface area contributed by atoms with Crippen LogP contribution in [-0.4, -0.2) is 30.3 Å². The predicted octanol–water partition coefficient (Wildman–Crippen LogP) is 0.323. The molecule has 5 nitrogen and oxygen atoms in total. The van der Waals surface area contributed by atoms with Gasteiger partial charge in [-0.1, -0.05) is 17.7 Å². The van der Waals surface area contributed by atoms with Crippen LogP contribution in [0.5, 0.6) is 0 Å². The molecule has 2 atom stereocenters. The number of aliphatic carboxylic acids is 1. The number of sulfone groups is 1. The molecule has 0 heterocycles. The van der Waals surface area contributed by atoms with Crippen LogP contribution in [0.4, 0.5) is 0 Å². The molecule has 0 bridgehead atoms. The van der Waals surface area contributed by atoms with Crippen molar-refractivity contribution in [1.29, 1.82) is 0 Å². The van der Waals surface area contributed by atoms with Gasteiger partial charge in [-0.2, -0.15) is 0 Å². The van der Waals surface area contributed by atoms with Gasteiger partial charge in [-0.15, -0.1) is 0 Å². The minimum Gasteiger partial charge on any atom is -0.480 e. The SMILES string of the molecule is Cc1ccc(S(=O)(=O)[C@@H]2C[C@]2(N)C(=O)O)cc1. The van der Waals surface area contributed by atoms with Crippen molar-refractivity contribution < 1.29 is 18.3 Å². The van der Waals surface area contributed by atoms with E-state index in [4.69, 9.17) is 10.8 Å². The summed E-state index contributed by atoms with van der Waals surface area (Å²) in [4.78, 5) is 11.0. The van der Waals surface area contributed by atoms with Crippen molar-refractivity contribution in [2.45, 2.75) is 29.0 Å². The summed E-state index contributed by atoms with van der Waals surface area (Å²) < 4.78 is 24.2. The van der Waals surface area contributed by atoms with Gasteiger partial charge in [-0.25, -0.2) is 8.42 Å². The molecule has 0 radical (unpaired) electrons. The summed E-state index contributed by atoms with van der Waals surface area (Å²) in [6.07, 6.45) is -0.0292. The maximum atomic E-state index is 12.1. The largest absolute Gasteiger partial charge is 0.480 e. The summed E-state index contributed by atoms with van der Waals surface area (Å²) in [6, 6.07) is 6.30. The molecule has 0 unspecified atom stereocenters. The normalized spacial score (nSPS) is 27.8. The lowest BCUT2D eigenvalue weighted by molar-refractivity contribution is -0.139. The van der Waals surface area contributed by atoms with E-state index in [0.717, 1.165) is 5.56 Å². The van der Waals surface area contributed by atoms with E-state index in [9.17, 15) is 13.2 Å². The highest BCUT2D eigenvalue weighted by Crippen LogP contribution is 2.42. The molecule has 1 aliphatic carbocycles. The molecule has 1 saturated carbocycles. The Morgan fingerprint density at radius 3 is 2.35 bits per heavy atom. The Labute approximate surface area is 99.2 Å². The highest BCUT2D eigenvalue weighted by atomic mass is 32.2. The first-order chi connectivity index (χ1) is 7.78. The number of carbonyl (C=O) groups is 1. The van der Waals surface area contributed by atoms with Gasteiger partial charge in [0, 0.05) is 0 Å². The van der Waals surface area contributed by atoms with Crippen molar-refractivity contribution in [3.63, 3.8) is 0 Å². The van der Waals surface area contributed by atoms with Gasteiger partial charge in [0.25, 0.3) is 0 Å². The fourth-order valence-electron chi connectivity index (χ4n) is 1.75. The summed E-state index contributed by atoms with van der Waals surface area (Å²) in [6.45, 7) is 1.85. The molecular weight excluding hydrogens is 242 g/mol. The molecule has 0 aliphatic heterocycles. The number of hydrogen-bond acceptors (Lipinski definition) is 4. The number of benzene rings is 1. The average Bonchev–Trinajstić information content (AvgIpc) is 2.94. The minimum atomic E-state index is -3.64. The Morgan fingerprint density at radius 1 is 1.41 bits per heavy atom. The molecule has 1 aromatic carbocycles. The number of carboxylic acids is 1. The first-order valence-electron chi connectivity index (χ1n) is 5.11. The zero-order chi connectivity index (χ0) is 12.8. The van der Waals surface area contributed by atoms with Crippen LogP contribution in [-0.2, 0) is 14.6 Å². The predicted molar refractivity (Wildman–Crippen MR) is 61.3 cm³/mol. The summed E-state index contributed by atoms with van der Waals surface area (Å²) in [5.41, 5.74) is 4.83. The van der Waals surface area contributed by atoms with Gasteiger partial charge >= 0.3 is 5.97 Å². The summed E-state index contributed by atoms with van der Waals surface area (Å²) in [5, 5.41) is 7.83. The molecule has 2 rings (SSSR count). The molecule has 3 N–H and O–H groups in total. The van der Waals surface area contributed by atoms with Crippen LogP contribution in [0, 0.1) is 6.92 Å². The van der Waals surface area contributed by atoms with Crippen LogP contribution >= 0.6 is 0 Å². The molecule has 1 aliphatic rings. The summed E-state index contributed by atoms with van der Waals surface area (Å²) in [7, 11) is -3.64. The Morgan fingerprint density at radius 2 is 1.94 bits per heavy atom. The zero-order valence-electron chi connectivity index (χ0n) is 9.25. The molecule has 17 heavy (non-hydrogen) atoms. The van der Waals surface area contributed by atoms with E-state index in [1.165, 1.54) is 12.1 Å². The van der Waals surface area contributed by atoms with Crippen LogP contribution in [0.2, 0.25) is 0 Å². The van der Waals surface area contributed by atoms with Gasteiger partial charge in [-0.3, -0.25) is 4.79 Å². The molecule has 0 aromatic heterocycles. The molecular formula is C11H13NO4S. The van der Waals surface area contributed by atoms with Gasteiger partial charge < -0.3 is 10.8 Å². The van der Waals surface area contributed by atoms with Crippen molar-refractivity contribution in [3.8, 4) is 0 Å². The first-order valence-corrected chi connectivity index (χ1v) is 6.66. The van der Waals surface area contributed by atoms with Gasteiger partial charge in [0.15, 0.2) is 9.84 Å². The van der Waals surface area contributed by atoms with Crippen molar-refractivity contribution >= 4 is 15.8 Å². The van der Waals surface area contributed by atoms with Crippen molar-refractivity contribution in [2.24, 2.45) is 5.73 Å². The van der Waals surface area contributed by atoms with Gasteiger partial charge in [0.05, 0.1) is 10.1 Å². The highest BCUT2D eigenvalue weighted by Gasteiger charge is 2.64.